The van der Waals surface area contributed by atoms with Crippen LogP contribution in [0.25, 0.3) is 0 Å². The van der Waals surface area contributed by atoms with Gasteiger partial charge in [0.2, 0.25) is 5.24 Å². The second-order valence-electron chi connectivity index (χ2n) is 5.68. The molecule has 0 bridgehead atoms. The largest absolute Gasteiger partial charge is 0.328 e. The van der Waals surface area contributed by atoms with Crippen molar-refractivity contribution in [2.45, 2.75) is 38.3 Å². The third-order valence-electron chi connectivity index (χ3n) is 3.78. The van der Waals surface area contributed by atoms with Crippen LogP contribution in [-0.2, 0) is 11.3 Å². The molecule has 3 rings (SSSR count). The number of likely N-dealkylation sites (tertiary alicyclic amines) is 1. The zero-order valence-electron chi connectivity index (χ0n) is 11.8. The van der Waals surface area contributed by atoms with Gasteiger partial charge in [-0.25, -0.2) is 0 Å². The molecule has 110 valence electrons. The fourth-order valence-electron chi connectivity index (χ4n) is 2.26. The van der Waals surface area contributed by atoms with Crippen LogP contribution in [0, 0.1) is 5.92 Å². The highest BCUT2D eigenvalue weighted by Gasteiger charge is 2.27. The summed E-state index contributed by atoms with van der Waals surface area (Å²) in [6, 6.07) is 11.1. The molecule has 1 aromatic carbocycles. The number of benzene rings is 1. The van der Waals surface area contributed by atoms with E-state index < -0.39 is 0 Å². The number of hydrogen-bond acceptors (Lipinski definition) is 3. The van der Waals surface area contributed by atoms with Gasteiger partial charge in [0.15, 0.2) is 0 Å². The van der Waals surface area contributed by atoms with Gasteiger partial charge in [0.1, 0.15) is 0 Å². The third kappa shape index (κ3) is 5.61. The number of rotatable bonds is 3. The zero-order chi connectivity index (χ0) is 14.4. The predicted molar refractivity (Wildman–Crippen MR) is 82.5 cm³/mol. The molecule has 0 amide bonds. The molecular formula is C16H23ClN2O. The Morgan fingerprint density at radius 1 is 1.15 bits per heavy atom. The number of carbonyl (C=O) groups is 1. The fourth-order valence-corrected chi connectivity index (χ4v) is 2.48. The van der Waals surface area contributed by atoms with Crippen molar-refractivity contribution in [3.63, 3.8) is 0 Å². The van der Waals surface area contributed by atoms with Gasteiger partial charge in [-0.05, 0) is 55.9 Å². The fraction of sp³-hybridized carbons (Fsp3) is 0.562. The molecule has 2 N–H and O–H groups in total. The predicted octanol–water partition coefficient (Wildman–Crippen LogP) is 2.77. The second kappa shape index (κ2) is 7.77. The Balaban J connectivity index is 0.000000205. The zero-order valence-corrected chi connectivity index (χ0v) is 12.6. The van der Waals surface area contributed by atoms with E-state index >= 15 is 0 Å². The monoisotopic (exact) mass is 294 g/mol. The number of carbonyl (C=O) groups excluding carboxylic acids is 1. The maximum Gasteiger partial charge on any atom is 0.224 e. The minimum absolute atomic E-state index is 0.157. The number of nitrogens with zero attached hydrogens (tertiary/aromatic N) is 1. The second-order valence-corrected chi connectivity index (χ2v) is 6.05. The van der Waals surface area contributed by atoms with Crippen LogP contribution in [0.1, 0.15) is 31.2 Å². The quantitative estimate of drug-likeness (QED) is 0.872. The van der Waals surface area contributed by atoms with Crippen LogP contribution in [0.2, 0.25) is 0 Å². The minimum Gasteiger partial charge on any atom is -0.328 e. The maximum atomic E-state index is 9.97. The lowest BCUT2D eigenvalue weighted by atomic mass is 10.1. The van der Waals surface area contributed by atoms with Crippen LogP contribution in [0.15, 0.2) is 30.3 Å². The lowest BCUT2D eigenvalue weighted by Crippen LogP contribution is -2.39. The van der Waals surface area contributed by atoms with Crippen LogP contribution in [0.5, 0.6) is 0 Å². The molecule has 1 saturated heterocycles. The number of halogens is 1. The summed E-state index contributed by atoms with van der Waals surface area (Å²) in [5.41, 5.74) is 7.27. The van der Waals surface area contributed by atoms with Crippen molar-refractivity contribution in [3.05, 3.63) is 35.9 Å². The Kier molecular flexibility index (Phi) is 6.02. The number of hydrogen-bond donors (Lipinski definition) is 1. The third-order valence-corrected chi connectivity index (χ3v) is 4.09. The summed E-state index contributed by atoms with van der Waals surface area (Å²) in [5.74, 6) is 0.228. The van der Waals surface area contributed by atoms with Gasteiger partial charge in [0.05, 0.1) is 0 Å². The first kappa shape index (κ1) is 15.5. The van der Waals surface area contributed by atoms with Crippen molar-refractivity contribution in [2.24, 2.45) is 11.7 Å². The molecule has 0 aromatic heterocycles. The molecule has 1 saturated carbocycles. The van der Waals surface area contributed by atoms with Gasteiger partial charge in [0.25, 0.3) is 0 Å². The standard InChI is InChI=1S/C12H18N2.C4H5ClO/c13-12-6-8-14(9-7-12)10-11-4-2-1-3-5-11;5-4(6)3-1-2-3/h1-5,12H,6-10,13H2;3H,1-2H2. The Morgan fingerprint density at radius 2 is 1.75 bits per heavy atom. The first-order chi connectivity index (χ1) is 9.65. The van der Waals surface area contributed by atoms with Crippen molar-refractivity contribution in [3.8, 4) is 0 Å². The molecule has 20 heavy (non-hydrogen) atoms. The van der Waals surface area contributed by atoms with E-state index in [0.29, 0.717) is 6.04 Å². The van der Waals surface area contributed by atoms with Crippen molar-refractivity contribution in [1.29, 1.82) is 0 Å². The number of piperidine rings is 1. The highest BCUT2D eigenvalue weighted by molar-refractivity contribution is 6.64. The smallest absolute Gasteiger partial charge is 0.224 e. The highest BCUT2D eigenvalue weighted by atomic mass is 35.5. The molecule has 2 aliphatic rings. The van der Waals surface area contributed by atoms with E-state index in [2.05, 4.69) is 35.2 Å². The maximum absolute atomic E-state index is 9.97. The van der Waals surface area contributed by atoms with Crippen LogP contribution >= 0.6 is 11.6 Å². The lowest BCUT2D eigenvalue weighted by Gasteiger charge is -2.29. The summed E-state index contributed by atoms with van der Waals surface area (Å²) in [6.07, 6.45) is 4.32. The molecule has 4 heteroatoms. The van der Waals surface area contributed by atoms with Gasteiger partial charge in [-0.3, -0.25) is 9.69 Å². The molecule has 0 spiro atoms. The molecule has 2 fully saturated rings. The Labute approximate surface area is 126 Å². The first-order valence-electron chi connectivity index (χ1n) is 7.36. The van der Waals surface area contributed by atoms with Crippen molar-refractivity contribution >= 4 is 16.8 Å². The van der Waals surface area contributed by atoms with Gasteiger partial charge in [0, 0.05) is 18.5 Å². The van der Waals surface area contributed by atoms with Crippen LogP contribution < -0.4 is 5.73 Å². The van der Waals surface area contributed by atoms with E-state index in [4.69, 9.17) is 17.3 Å². The van der Waals surface area contributed by atoms with E-state index in [-0.39, 0.29) is 11.2 Å². The average Bonchev–Trinajstić information content (AvgIpc) is 3.28. The minimum atomic E-state index is -0.157. The van der Waals surface area contributed by atoms with E-state index in [0.717, 1.165) is 45.3 Å². The highest BCUT2D eigenvalue weighted by Crippen LogP contribution is 2.30. The van der Waals surface area contributed by atoms with Crippen LogP contribution in [-0.4, -0.2) is 29.3 Å². The SMILES string of the molecule is NC1CCN(Cc2ccccc2)CC1.O=C(Cl)C1CC1. The Bertz CT molecular complexity index is 412. The lowest BCUT2D eigenvalue weighted by molar-refractivity contribution is -0.112. The van der Waals surface area contributed by atoms with E-state index in [1.165, 1.54) is 5.56 Å². The Hall–Kier alpha value is -0.900. The summed E-state index contributed by atoms with van der Waals surface area (Å²) in [4.78, 5) is 12.5. The van der Waals surface area contributed by atoms with E-state index in [1.54, 1.807) is 0 Å². The van der Waals surface area contributed by atoms with Crippen molar-refractivity contribution < 1.29 is 4.79 Å². The summed E-state index contributed by atoms with van der Waals surface area (Å²) in [7, 11) is 0. The first-order valence-corrected chi connectivity index (χ1v) is 7.74. The van der Waals surface area contributed by atoms with Crippen molar-refractivity contribution in [2.75, 3.05) is 13.1 Å². The molecule has 1 heterocycles. The van der Waals surface area contributed by atoms with E-state index in [9.17, 15) is 4.79 Å². The van der Waals surface area contributed by atoms with Crippen LogP contribution in [0.3, 0.4) is 0 Å². The molecule has 0 radical (unpaired) electrons. The van der Waals surface area contributed by atoms with Crippen molar-refractivity contribution in [1.82, 2.24) is 4.90 Å². The molecule has 0 unspecified atom stereocenters. The van der Waals surface area contributed by atoms with Gasteiger partial charge >= 0.3 is 0 Å². The summed E-state index contributed by atoms with van der Waals surface area (Å²) >= 11 is 5.04. The normalized spacial score (nSPS) is 20.1. The summed E-state index contributed by atoms with van der Waals surface area (Å²) in [6.45, 7) is 3.37. The molecule has 0 atom stereocenters. The van der Waals surface area contributed by atoms with Gasteiger partial charge < -0.3 is 5.73 Å². The molecule has 3 nitrogen and oxygen atoms in total. The topological polar surface area (TPSA) is 46.3 Å². The Morgan fingerprint density at radius 3 is 2.20 bits per heavy atom. The molecule has 1 aliphatic heterocycles. The number of nitrogens with two attached hydrogens (primary N) is 1. The van der Waals surface area contributed by atoms with E-state index in [1.807, 2.05) is 0 Å². The van der Waals surface area contributed by atoms with Gasteiger partial charge in [-0.1, -0.05) is 30.3 Å². The van der Waals surface area contributed by atoms with Crippen LogP contribution in [0.4, 0.5) is 0 Å². The molecule has 1 aromatic rings. The summed E-state index contributed by atoms with van der Waals surface area (Å²) < 4.78 is 0. The summed E-state index contributed by atoms with van der Waals surface area (Å²) in [5, 5.41) is -0.157. The van der Waals surface area contributed by atoms with Gasteiger partial charge in [-0.15, -0.1) is 0 Å². The molecule has 1 aliphatic carbocycles. The molecular weight excluding hydrogens is 272 g/mol. The average molecular weight is 295 g/mol. The van der Waals surface area contributed by atoms with Gasteiger partial charge in [-0.2, -0.15) is 0 Å².